The van der Waals surface area contributed by atoms with E-state index in [1.807, 2.05) is 53.9 Å². The Morgan fingerprint density at radius 2 is 1.77 bits per heavy atom. The number of H-pyrrole nitrogens is 1. The van der Waals surface area contributed by atoms with E-state index >= 15 is 0 Å². The summed E-state index contributed by atoms with van der Waals surface area (Å²) in [6, 6.07) is 16.6. The molecule has 0 spiro atoms. The molecule has 1 aliphatic rings. The van der Waals surface area contributed by atoms with Crippen molar-refractivity contribution in [3.8, 4) is 27.3 Å². The number of morpholine rings is 1. The van der Waals surface area contributed by atoms with Crippen molar-refractivity contribution < 1.29 is 14.6 Å². The van der Waals surface area contributed by atoms with E-state index in [0.717, 1.165) is 16.0 Å². The molecule has 0 bridgehead atoms. The molecule has 0 saturated carbocycles. The van der Waals surface area contributed by atoms with Gasteiger partial charge in [-0.3, -0.25) is 9.59 Å². The van der Waals surface area contributed by atoms with E-state index in [0.29, 0.717) is 42.8 Å². The van der Waals surface area contributed by atoms with Crippen LogP contribution in [0.25, 0.3) is 32.5 Å². The Hall–Kier alpha value is -3.42. The van der Waals surface area contributed by atoms with Crippen LogP contribution in [0.2, 0.25) is 0 Å². The first kappa shape index (κ1) is 19.5. The van der Waals surface area contributed by atoms with Crippen LogP contribution in [0.5, 0.6) is 5.75 Å². The van der Waals surface area contributed by atoms with Gasteiger partial charge in [-0.05, 0) is 46.8 Å². The van der Waals surface area contributed by atoms with E-state index in [1.165, 1.54) is 11.3 Å². The SMILES string of the molecule is O=C(c1ccc(-c2ccc3[nH]c(=O)c(-c4cccs4)c(O)c3c2)cc1)N1CCOCC1. The number of benzene rings is 2. The van der Waals surface area contributed by atoms with Crippen LogP contribution in [0, 0.1) is 0 Å². The molecule has 2 aromatic carbocycles. The summed E-state index contributed by atoms with van der Waals surface area (Å²) in [6.07, 6.45) is 0. The Morgan fingerprint density at radius 3 is 2.48 bits per heavy atom. The number of hydrogen-bond donors (Lipinski definition) is 2. The number of carbonyl (C=O) groups excluding carboxylic acids is 1. The average Bonchev–Trinajstić information content (AvgIpc) is 3.33. The summed E-state index contributed by atoms with van der Waals surface area (Å²) in [7, 11) is 0. The van der Waals surface area contributed by atoms with E-state index in [9.17, 15) is 14.7 Å². The van der Waals surface area contributed by atoms with Crippen molar-refractivity contribution in [1.29, 1.82) is 0 Å². The molecule has 2 aromatic heterocycles. The summed E-state index contributed by atoms with van der Waals surface area (Å²) < 4.78 is 5.31. The molecular formula is C24H20N2O4S. The van der Waals surface area contributed by atoms with E-state index in [-0.39, 0.29) is 22.8 Å². The zero-order chi connectivity index (χ0) is 21.4. The number of aromatic amines is 1. The average molecular weight is 433 g/mol. The van der Waals surface area contributed by atoms with E-state index < -0.39 is 0 Å². The Labute approximate surface area is 182 Å². The summed E-state index contributed by atoms with van der Waals surface area (Å²) in [5, 5.41) is 13.3. The molecule has 0 unspecified atom stereocenters. The topological polar surface area (TPSA) is 82.6 Å². The number of amides is 1. The number of thiophene rings is 1. The Balaban J connectivity index is 1.50. The van der Waals surface area contributed by atoms with Crippen LogP contribution in [0.3, 0.4) is 0 Å². The molecule has 3 heterocycles. The van der Waals surface area contributed by atoms with Gasteiger partial charge >= 0.3 is 0 Å². The number of ether oxygens (including phenoxy) is 1. The van der Waals surface area contributed by atoms with Gasteiger partial charge in [-0.25, -0.2) is 0 Å². The lowest BCUT2D eigenvalue weighted by molar-refractivity contribution is 0.0303. The van der Waals surface area contributed by atoms with Gasteiger partial charge in [-0.15, -0.1) is 11.3 Å². The van der Waals surface area contributed by atoms with Crippen LogP contribution in [-0.2, 0) is 4.74 Å². The minimum absolute atomic E-state index is 0.00386. The summed E-state index contributed by atoms with van der Waals surface area (Å²) in [5.74, 6) is -0.0219. The van der Waals surface area contributed by atoms with E-state index in [4.69, 9.17) is 4.74 Å². The van der Waals surface area contributed by atoms with Crippen molar-refractivity contribution in [2.45, 2.75) is 0 Å². The second-order valence-corrected chi connectivity index (χ2v) is 8.35. The van der Waals surface area contributed by atoms with Gasteiger partial charge in [0.25, 0.3) is 11.5 Å². The summed E-state index contributed by atoms with van der Waals surface area (Å²) >= 11 is 1.41. The van der Waals surface area contributed by atoms with Crippen LogP contribution in [0.1, 0.15) is 10.4 Å². The summed E-state index contributed by atoms with van der Waals surface area (Å²) in [6.45, 7) is 2.35. The first-order valence-electron chi connectivity index (χ1n) is 10.0. The molecule has 6 nitrogen and oxygen atoms in total. The molecule has 0 radical (unpaired) electrons. The van der Waals surface area contributed by atoms with Crippen molar-refractivity contribution in [2.24, 2.45) is 0 Å². The number of aromatic nitrogens is 1. The number of nitrogens with zero attached hydrogens (tertiary/aromatic N) is 1. The van der Waals surface area contributed by atoms with Crippen molar-refractivity contribution in [1.82, 2.24) is 9.88 Å². The number of hydrogen-bond acceptors (Lipinski definition) is 5. The van der Waals surface area contributed by atoms with Crippen LogP contribution >= 0.6 is 11.3 Å². The maximum absolute atomic E-state index is 12.7. The molecule has 31 heavy (non-hydrogen) atoms. The molecule has 2 N–H and O–H groups in total. The third-order valence-electron chi connectivity index (χ3n) is 5.52. The van der Waals surface area contributed by atoms with Gasteiger partial charge in [0, 0.05) is 28.9 Å². The lowest BCUT2D eigenvalue weighted by Crippen LogP contribution is -2.40. The fraction of sp³-hybridized carbons (Fsp3) is 0.167. The van der Waals surface area contributed by atoms with Gasteiger partial charge in [0.2, 0.25) is 0 Å². The fourth-order valence-electron chi connectivity index (χ4n) is 3.86. The second kappa shape index (κ2) is 8.02. The van der Waals surface area contributed by atoms with E-state index in [1.54, 1.807) is 11.0 Å². The number of fused-ring (bicyclic) bond motifs is 1. The monoisotopic (exact) mass is 432 g/mol. The molecule has 156 valence electrons. The van der Waals surface area contributed by atoms with Crippen LogP contribution < -0.4 is 5.56 Å². The largest absolute Gasteiger partial charge is 0.506 e. The molecular weight excluding hydrogens is 412 g/mol. The normalized spacial score (nSPS) is 14.1. The van der Waals surface area contributed by atoms with Crippen molar-refractivity contribution in [3.05, 3.63) is 75.9 Å². The van der Waals surface area contributed by atoms with Crippen molar-refractivity contribution >= 4 is 28.1 Å². The lowest BCUT2D eigenvalue weighted by Gasteiger charge is -2.26. The highest BCUT2D eigenvalue weighted by Crippen LogP contribution is 2.36. The maximum atomic E-state index is 12.7. The van der Waals surface area contributed by atoms with Gasteiger partial charge in [0.05, 0.1) is 24.3 Å². The molecule has 1 saturated heterocycles. The van der Waals surface area contributed by atoms with Gasteiger partial charge in [0.15, 0.2) is 0 Å². The third kappa shape index (κ3) is 3.62. The highest BCUT2D eigenvalue weighted by Gasteiger charge is 2.19. The molecule has 1 fully saturated rings. The zero-order valence-corrected chi connectivity index (χ0v) is 17.4. The molecule has 4 aromatic rings. The van der Waals surface area contributed by atoms with Crippen LogP contribution in [-0.4, -0.2) is 47.2 Å². The van der Waals surface area contributed by atoms with Gasteiger partial charge in [-0.2, -0.15) is 0 Å². The van der Waals surface area contributed by atoms with Gasteiger partial charge in [-0.1, -0.05) is 24.3 Å². The predicted octanol–water partition coefficient (Wildman–Crippen LogP) is 4.10. The van der Waals surface area contributed by atoms with Crippen molar-refractivity contribution in [3.63, 3.8) is 0 Å². The molecule has 1 aliphatic heterocycles. The van der Waals surface area contributed by atoms with Gasteiger partial charge < -0.3 is 19.7 Å². The standard InChI is InChI=1S/C24H20N2O4S/c27-22-18-14-17(7-8-19(18)25-23(28)21(22)20-2-1-13-31-20)15-3-5-16(6-4-15)24(29)26-9-11-30-12-10-26/h1-8,13-14H,9-12H2,(H2,25,27,28). The maximum Gasteiger partial charge on any atom is 0.260 e. The smallest absolute Gasteiger partial charge is 0.260 e. The number of aromatic hydroxyl groups is 1. The Morgan fingerprint density at radius 1 is 1.03 bits per heavy atom. The number of pyridine rings is 1. The number of carbonyl (C=O) groups is 1. The second-order valence-electron chi connectivity index (χ2n) is 7.40. The first-order chi connectivity index (χ1) is 15.1. The highest BCUT2D eigenvalue weighted by molar-refractivity contribution is 7.13. The Kier molecular flexibility index (Phi) is 5.05. The van der Waals surface area contributed by atoms with Crippen LogP contribution in [0.15, 0.2) is 64.8 Å². The van der Waals surface area contributed by atoms with E-state index in [2.05, 4.69) is 4.98 Å². The highest BCUT2D eigenvalue weighted by atomic mass is 32.1. The fourth-order valence-corrected chi connectivity index (χ4v) is 4.63. The Bertz CT molecular complexity index is 1300. The number of rotatable bonds is 3. The zero-order valence-electron chi connectivity index (χ0n) is 16.6. The third-order valence-corrected chi connectivity index (χ3v) is 6.41. The van der Waals surface area contributed by atoms with Gasteiger partial charge in [0.1, 0.15) is 5.75 Å². The molecule has 1 amide bonds. The predicted molar refractivity (Wildman–Crippen MR) is 122 cm³/mol. The lowest BCUT2D eigenvalue weighted by atomic mass is 10.00. The molecule has 7 heteroatoms. The summed E-state index contributed by atoms with van der Waals surface area (Å²) in [4.78, 5) is 30.5. The number of nitrogens with one attached hydrogen (secondary N) is 1. The quantitative estimate of drug-likeness (QED) is 0.511. The molecule has 0 atom stereocenters. The molecule has 0 aliphatic carbocycles. The minimum atomic E-state index is -0.314. The summed E-state index contributed by atoms with van der Waals surface area (Å²) in [5.41, 5.74) is 2.99. The van der Waals surface area contributed by atoms with Crippen molar-refractivity contribution in [2.75, 3.05) is 26.3 Å². The first-order valence-corrected chi connectivity index (χ1v) is 10.9. The minimum Gasteiger partial charge on any atom is -0.506 e. The van der Waals surface area contributed by atoms with Crippen LogP contribution in [0.4, 0.5) is 0 Å². The molecule has 5 rings (SSSR count).